The number of carboxylic acids is 1. The Morgan fingerprint density at radius 3 is 2.57 bits per heavy atom. The van der Waals surface area contributed by atoms with Crippen molar-refractivity contribution in [1.29, 1.82) is 0 Å². The summed E-state index contributed by atoms with van der Waals surface area (Å²) < 4.78 is 3.39. The number of hydrogen-bond acceptors (Lipinski definition) is 4. The number of aryl methyl sites for hydroxylation is 1. The Balaban J connectivity index is 0.00000256. The Labute approximate surface area is 182 Å². The third-order valence-electron chi connectivity index (χ3n) is 6.51. The van der Waals surface area contributed by atoms with E-state index in [2.05, 4.69) is 22.5 Å². The number of carbonyl (C=O) groups is 1. The van der Waals surface area contributed by atoms with Crippen molar-refractivity contribution < 1.29 is 9.90 Å². The average molecular weight is 435 g/mol. The van der Waals surface area contributed by atoms with Crippen molar-refractivity contribution in [3.63, 3.8) is 0 Å². The van der Waals surface area contributed by atoms with E-state index in [9.17, 15) is 9.59 Å². The van der Waals surface area contributed by atoms with Gasteiger partial charge in [-0.2, -0.15) is 9.78 Å². The molecule has 1 aliphatic heterocycles. The highest BCUT2D eigenvalue weighted by Crippen LogP contribution is 2.34. The van der Waals surface area contributed by atoms with E-state index in [0.717, 1.165) is 69.5 Å². The van der Waals surface area contributed by atoms with Crippen molar-refractivity contribution >= 4 is 18.4 Å². The van der Waals surface area contributed by atoms with Gasteiger partial charge in [0.2, 0.25) is 0 Å². The molecule has 0 unspecified atom stereocenters. The number of hydrogen-bond donors (Lipinski definition) is 2. The standard InChI is InChI=1S/C22H30N4O3.ClH/c1-15-24-26(20-8-5-17-10-12-23-13-11-18(17)14-20)22(29)25(15)19-6-2-16(3-7-19)4-9-21(27)28;/h5,8,14,16,19,23H,2-4,6-7,9-13H2,1H3,(H,27,28);1H. The van der Waals surface area contributed by atoms with Crippen LogP contribution in [0.25, 0.3) is 5.69 Å². The third kappa shape index (κ3) is 4.78. The lowest BCUT2D eigenvalue weighted by atomic mass is 9.83. The van der Waals surface area contributed by atoms with Crippen molar-refractivity contribution in [2.75, 3.05) is 13.1 Å². The molecule has 7 nitrogen and oxygen atoms in total. The topological polar surface area (TPSA) is 89.2 Å². The molecule has 8 heteroatoms. The van der Waals surface area contributed by atoms with Gasteiger partial charge in [0.1, 0.15) is 5.82 Å². The molecule has 0 amide bonds. The second-order valence-corrected chi connectivity index (χ2v) is 8.42. The van der Waals surface area contributed by atoms with Crippen LogP contribution in [0.5, 0.6) is 0 Å². The molecule has 2 heterocycles. The van der Waals surface area contributed by atoms with E-state index in [1.807, 2.05) is 17.6 Å². The zero-order valence-electron chi connectivity index (χ0n) is 17.5. The second-order valence-electron chi connectivity index (χ2n) is 8.42. The molecular formula is C22H31ClN4O3. The minimum absolute atomic E-state index is 0. The number of fused-ring (bicyclic) bond motifs is 1. The number of aliphatic carboxylic acids is 1. The highest BCUT2D eigenvalue weighted by molar-refractivity contribution is 5.85. The predicted molar refractivity (Wildman–Crippen MR) is 118 cm³/mol. The minimum Gasteiger partial charge on any atom is -0.481 e. The molecule has 0 radical (unpaired) electrons. The normalized spacial score (nSPS) is 21.4. The summed E-state index contributed by atoms with van der Waals surface area (Å²) in [5.41, 5.74) is 3.42. The van der Waals surface area contributed by atoms with Crippen LogP contribution in [0.4, 0.5) is 0 Å². The number of nitrogens with zero attached hydrogens (tertiary/aromatic N) is 3. The lowest BCUT2D eigenvalue weighted by Crippen LogP contribution is -2.30. The van der Waals surface area contributed by atoms with Crippen LogP contribution >= 0.6 is 12.4 Å². The summed E-state index contributed by atoms with van der Waals surface area (Å²) in [6.07, 6.45) is 6.72. The fourth-order valence-electron chi connectivity index (χ4n) is 4.88. The van der Waals surface area contributed by atoms with Crippen LogP contribution in [0.15, 0.2) is 23.0 Å². The quantitative estimate of drug-likeness (QED) is 0.754. The van der Waals surface area contributed by atoms with Crippen molar-refractivity contribution in [2.24, 2.45) is 5.92 Å². The van der Waals surface area contributed by atoms with Gasteiger partial charge in [-0.05, 0) is 94.1 Å². The monoisotopic (exact) mass is 434 g/mol. The van der Waals surface area contributed by atoms with Gasteiger partial charge in [0.15, 0.2) is 0 Å². The second kappa shape index (κ2) is 9.79. The van der Waals surface area contributed by atoms with Crippen LogP contribution in [0, 0.1) is 12.8 Å². The van der Waals surface area contributed by atoms with Gasteiger partial charge in [0.25, 0.3) is 0 Å². The first kappa shape index (κ1) is 22.6. The van der Waals surface area contributed by atoms with E-state index >= 15 is 0 Å². The SMILES string of the molecule is Cc1nn(-c2ccc3c(c2)CCNCC3)c(=O)n1C1CCC(CCC(=O)O)CC1.Cl. The Hall–Kier alpha value is -2.12. The highest BCUT2D eigenvalue weighted by Gasteiger charge is 2.26. The summed E-state index contributed by atoms with van der Waals surface area (Å²) in [6.45, 7) is 3.86. The molecule has 164 valence electrons. The summed E-state index contributed by atoms with van der Waals surface area (Å²) in [4.78, 5) is 24.0. The Bertz CT molecular complexity index is 944. The van der Waals surface area contributed by atoms with Gasteiger partial charge in [-0.1, -0.05) is 6.07 Å². The summed E-state index contributed by atoms with van der Waals surface area (Å²) in [7, 11) is 0. The molecule has 1 saturated carbocycles. The Kier molecular flexibility index (Phi) is 7.36. The number of aromatic nitrogens is 3. The van der Waals surface area contributed by atoms with Gasteiger partial charge in [-0.3, -0.25) is 9.36 Å². The number of rotatable bonds is 5. The molecule has 1 aliphatic carbocycles. The molecule has 2 aromatic rings. The fraction of sp³-hybridized carbons (Fsp3) is 0.591. The van der Waals surface area contributed by atoms with Crippen LogP contribution in [-0.2, 0) is 17.6 Å². The zero-order chi connectivity index (χ0) is 20.4. The number of benzene rings is 1. The van der Waals surface area contributed by atoms with E-state index in [4.69, 9.17) is 5.11 Å². The van der Waals surface area contributed by atoms with Crippen LogP contribution in [0.2, 0.25) is 0 Å². The fourth-order valence-corrected chi connectivity index (χ4v) is 4.88. The van der Waals surface area contributed by atoms with E-state index in [-0.39, 0.29) is 30.6 Å². The molecule has 4 rings (SSSR count). The zero-order valence-corrected chi connectivity index (χ0v) is 18.3. The molecule has 2 N–H and O–H groups in total. The van der Waals surface area contributed by atoms with Crippen LogP contribution in [-0.4, -0.2) is 38.5 Å². The summed E-state index contributed by atoms with van der Waals surface area (Å²) in [5.74, 6) is 0.476. The van der Waals surface area contributed by atoms with Crippen molar-refractivity contribution in [3.8, 4) is 5.69 Å². The largest absolute Gasteiger partial charge is 0.481 e. The molecular weight excluding hydrogens is 404 g/mol. The van der Waals surface area contributed by atoms with Gasteiger partial charge in [0.05, 0.1) is 5.69 Å². The van der Waals surface area contributed by atoms with Crippen molar-refractivity contribution in [3.05, 3.63) is 45.6 Å². The summed E-state index contributed by atoms with van der Waals surface area (Å²) >= 11 is 0. The van der Waals surface area contributed by atoms with Gasteiger partial charge >= 0.3 is 11.7 Å². The average Bonchev–Trinajstić information content (AvgIpc) is 2.88. The number of carboxylic acid groups (broad SMARTS) is 1. The molecule has 0 spiro atoms. The van der Waals surface area contributed by atoms with Crippen LogP contribution < -0.4 is 11.0 Å². The van der Waals surface area contributed by atoms with E-state index in [1.165, 1.54) is 11.1 Å². The third-order valence-corrected chi connectivity index (χ3v) is 6.51. The van der Waals surface area contributed by atoms with Gasteiger partial charge in [-0.15, -0.1) is 12.4 Å². The van der Waals surface area contributed by atoms with Gasteiger partial charge < -0.3 is 10.4 Å². The molecule has 2 aliphatic rings. The summed E-state index contributed by atoms with van der Waals surface area (Å²) in [6, 6.07) is 6.41. The molecule has 1 aromatic carbocycles. The van der Waals surface area contributed by atoms with E-state index in [1.54, 1.807) is 4.68 Å². The number of nitrogens with one attached hydrogen (secondary N) is 1. The maximum Gasteiger partial charge on any atom is 0.350 e. The van der Waals surface area contributed by atoms with Crippen LogP contribution in [0.1, 0.15) is 61.5 Å². The lowest BCUT2D eigenvalue weighted by Gasteiger charge is -2.28. The molecule has 0 bridgehead atoms. The first-order valence-electron chi connectivity index (χ1n) is 10.8. The molecule has 1 aromatic heterocycles. The minimum atomic E-state index is -0.725. The smallest absolute Gasteiger partial charge is 0.350 e. The van der Waals surface area contributed by atoms with E-state index in [0.29, 0.717) is 5.92 Å². The number of halogens is 1. The van der Waals surface area contributed by atoms with Crippen LogP contribution in [0.3, 0.4) is 0 Å². The molecule has 1 fully saturated rings. The molecule has 30 heavy (non-hydrogen) atoms. The summed E-state index contributed by atoms with van der Waals surface area (Å²) in [5, 5.41) is 16.9. The van der Waals surface area contributed by atoms with Crippen molar-refractivity contribution in [2.45, 2.75) is 64.3 Å². The first-order chi connectivity index (χ1) is 14.0. The molecule has 0 saturated heterocycles. The lowest BCUT2D eigenvalue weighted by molar-refractivity contribution is -0.137. The highest BCUT2D eigenvalue weighted by atomic mass is 35.5. The maximum absolute atomic E-state index is 13.2. The van der Waals surface area contributed by atoms with Gasteiger partial charge in [-0.25, -0.2) is 4.79 Å². The Morgan fingerprint density at radius 2 is 1.87 bits per heavy atom. The molecule has 0 atom stereocenters. The van der Waals surface area contributed by atoms with E-state index < -0.39 is 5.97 Å². The van der Waals surface area contributed by atoms with Crippen molar-refractivity contribution in [1.82, 2.24) is 19.7 Å². The van der Waals surface area contributed by atoms with Gasteiger partial charge in [0, 0.05) is 12.5 Å². The Morgan fingerprint density at radius 1 is 1.17 bits per heavy atom. The maximum atomic E-state index is 13.2. The predicted octanol–water partition coefficient (Wildman–Crippen LogP) is 3.05. The first-order valence-corrected chi connectivity index (χ1v) is 10.8.